The average molecular weight is 247 g/mol. The lowest BCUT2D eigenvalue weighted by atomic mass is 10.0. The quantitative estimate of drug-likeness (QED) is 0.889. The predicted octanol–water partition coefficient (Wildman–Crippen LogP) is 2.24. The number of piperidine rings is 1. The number of benzene rings is 1. The third-order valence-corrected chi connectivity index (χ3v) is 3.91. The van der Waals surface area contributed by atoms with Gasteiger partial charge in [0.1, 0.15) is 0 Å². The van der Waals surface area contributed by atoms with Crippen molar-refractivity contribution in [2.45, 2.75) is 31.8 Å². The molecule has 100 valence electrons. The first-order valence-electron chi connectivity index (χ1n) is 6.85. The van der Waals surface area contributed by atoms with Crippen molar-refractivity contribution in [3.8, 4) is 0 Å². The van der Waals surface area contributed by atoms with Crippen LogP contribution in [-0.4, -0.2) is 38.1 Å². The highest BCUT2D eigenvalue weighted by Crippen LogP contribution is 2.23. The summed E-state index contributed by atoms with van der Waals surface area (Å²) in [6.45, 7) is 4.32. The van der Waals surface area contributed by atoms with Gasteiger partial charge in [-0.15, -0.1) is 0 Å². The van der Waals surface area contributed by atoms with Crippen LogP contribution in [0.15, 0.2) is 24.3 Å². The zero-order chi connectivity index (χ0) is 13.1. The number of anilines is 1. The first-order chi connectivity index (χ1) is 8.58. The second-order valence-corrected chi connectivity index (χ2v) is 5.59. The molecule has 2 N–H and O–H groups in total. The lowest BCUT2D eigenvalue weighted by Gasteiger charge is -2.37. The molecule has 3 nitrogen and oxygen atoms in total. The lowest BCUT2D eigenvalue weighted by molar-refractivity contribution is 0.258. The number of hydrogen-bond donors (Lipinski definition) is 1. The lowest BCUT2D eigenvalue weighted by Crippen LogP contribution is -2.45. The minimum absolute atomic E-state index is 0.120. The summed E-state index contributed by atoms with van der Waals surface area (Å²) in [6, 6.07) is 9.51. The molecule has 1 heterocycles. The largest absolute Gasteiger partial charge is 0.370 e. The van der Waals surface area contributed by atoms with E-state index in [1.807, 2.05) is 6.92 Å². The molecule has 0 saturated carbocycles. The number of rotatable bonds is 3. The number of likely N-dealkylation sites (N-methyl/N-ethyl adjacent to an activating group) is 1. The van der Waals surface area contributed by atoms with Crippen molar-refractivity contribution in [3.63, 3.8) is 0 Å². The fraction of sp³-hybridized carbons (Fsp3) is 0.600. The Morgan fingerprint density at radius 2 is 1.94 bits per heavy atom. The molecule has 1 saturated heterocycles. The Balaban J connectivity index is 2.06. The molecule has 0 aromatic heterocycles. The summed E-state index contributed by atoms with van der Waals surface area (Å²) in [5.74, 6) is 0. The number of nitrogens with two attached hydrogens (primary N) is 1. The molecule has 3 heteroatoms. The number of nitrogens with zero attached hydrogens (tertiary/aromatic N) is 2. The van der Waals surface area contributed by atoms with Crippen molar-refractivity contribution >= 4 is 5.69 Å². The molecule has 2 rings (SSSR count). The molecule has 0 aliphatic carbocycles. The highest BCUT2D eigenvalue weighted by molar-refractivity contribution is 5.48. The van der Waals surface area contributed by atoms with Crippen molar-refractivity contribution in [1.82, 2.24) is 4.90 Å². The molecule has 1 aliphatic heterocycles. The maximum Gasteiger partial charge on any atom is 0.0366 e. The SMILES string of the molecule is CC(N)c1ccc(N2CCCC(N(C)C)C2)cc1. The maximum absolute atomic E-state index is 5.88. The third kappa shape index (κ3) is 3.03. The summed E-state index contributed by atoms with van der Waals surface area (Å²) in [5, 5.41) is 0. The van der Waals surface area contributed by atoms with E-state index in [1.54, 1.807) is 0 Å². The van der Waals surface area contributed by atoms with E-state index in [0.717, 1.165) is 6.54 Å². The molecule has 0 radical (unpaired) electrons. The maximum atomic E-state index is 5.88. The third-order valence-electron chi connectivity index (χ3n) is 3.91. The van der Waals surface area contributed by atoms with Gasteiger partial charge in [-0.3, -0.25) is 0 Å². The molecule has 1 aromatic rings. The molecule has 0 spiro atoms. The first kappa shape index (κ1) is 13.4. The van der Waals surface area contributed by atoms with Crippen LogP contribution in [0.3, 0.4) is 0 Å². The van der Waals surface area contributed by atoms with Crippen LogP contribution in [0.2, 0.25) is 0 Å². The molecule has 2 unspecified atom stereocenters. The van der Waals surface area contributed by atoms with Gasteiger partial charge in [0, 0.05) is 30.9 Å². The van der Waals surface area contributed by atoms with Gasteiger partial charge in [-0.05, 0) is 51.6 Å². The second kappa shape index (κ2) is 5.72. The molecule has 0 bridgehead atoms. The van der Waals surface area contributed by atoms with Gasteiger partial charge in [-0.1, -0.05) is 12.1 Å². The van der Waals surface area contributed by atoms with Crippen LogP contribution in [0.5, 0.6) is 0 Å². The zero-order valence-corrected chi connectivity index (χ0v) is 11.8. The Morgan fingerprint density at radius 1 is 1.28 bits per heavy atom. The van der Waals surface area contributed by atoms with Crippen molar-refractivity contribution in [2.75, 3.05) is 32.1 Å². The van der Waals surface area contributed by atoms with Gasteiger partial charge in [0.05, 0.1) is 0 Å². The Hall–Kier alpha value is -1.06. The summed E-state index contributed by atoms with van der Waals surface area (Å²) < 4.78 is 0. The molecule has 1 aliphatic rings. The van der Waals surface area contributed by atoms with Crippen LogP contribution < -0.4 is 10.6 Å². The molecule has 2 atom stereocenters. The van der Waals surface area contributed by atoms with E-state index >= 15 is 0 Å². The van der Waals surface area contributed by atoms with E-state index in [2.05, 4.69) is 48.2 Å². The summed E-state index contributed by atoms with van der Waals surface area (Å²) in [5.41, 5.74) is 8.42. The number of hydrogen-bond acceptors (Lipinski definition) is 3. The molecular formula is C15H25N3. The van der Waals surface area contributed by atoms with Gasteiger partial charge in [-0.2, -0.15) is 0 Å². The van der Waals surface area contributed by atoms with Crippen LogP contribution >= 0.6 is 0 Å². The van der Waals surface area contributed by atoms with E-state index in [4.69, 9.17) is 5.73 Å². The van der Waals surface area contributed by atoms with Gasteiger partial charge >= 0.3 is 0 Å². The fourth-order valence-electron chi connectivity index (χ4n) is 2.60. The normalized spacial score (nSPS) is 22.3. The van der Waals surface area contributed by atoms with E-state index < -0.39 is 0 Å². The van der Waals surface area contributed by atoms with Crippen LogP contribution in [0.1, 0.15) is 31.4 Å². The Kier molecular flexibility index (Phi) is 4.25. The van der Waals surface area contributed by atoms with Crippen molar-refractivity contribution < 1.29 is 0 Å². The summed E-state index contributed by atoms with van der Waals surface area (Å²) >= 11 is 0. The summed E-state index contributed by atoms with van der Waals surface area (Å²) in [7, 11) is 4.35. The highest BCUT2D eigenvalue weighted by Gasteiger charge is 2.21. The minimum atomic E-state index is 0.120. The summed E-state index contributed by atoms with van der Waals surface area (Å²) in [4.78, 5) is 4.82. The second-order valence-electron chi connectivity index (χ2n) is 5.59. The van der Waals surface area contributed by atoms with Crippen molar-refractivity contribution in [2.24, 2.45) is 5.73 Å². The first-order valence-corrected chi connectivity index (χ1v) is 6.85. The van der Waals surface area contributed by atoms with E-state index in [1.165, 1.54) is 30.6 Å². The molecule has 18 heavy (non-hydrogen) atoms. The highest BCUT2D eigenvalue weighted by atomic mass is 15.2. The van der Waals surface area contributed by atoms with Crippen LogP contribution in [0, 0.1) is 0 Å². The Labute approximate surface area is 111 Å². The fourth-order valence-corrected chi connectivity index (χ4v) is 2.60. The minimum Gasteiger partial charge on any atom is -0.370 e. The van der Waals surface area contributed by atoms with Gasteiger partial charge in [0.15, 0.2) is 0 Å². The average Bonchev–Trinajstić information content (AvgIpc) is 2.39. The van der Waals surface area contributed by atoms with Crippen molar-refractivity contribution in [3.05, 3.63) is 29.8 Å². The van der Waals surface area contributed by atoms with E-state index in [-0.39, 0.29) is 6.04 Å². The van der Waals surface area contributed by atoms with Gasteiger partial charge in [-0.25, -0.2) is 0 Å². The topological polar surface area (TPSA) is 32.5 Å². The van der Waals surface area contributed by atoms with Gasteiger partial charge in [0.25, 0.3) is 0 Å². The van der Waals surface area contributed by atoms with Gasteiger partial charge in [0.2, 0.25) is 0 Å². The Bertz CT molecular complexity index is 370. The van der Waals surface area contributed by atoms with Crippen LogP contribution in [0.25, 0.3) is 0 Å². The predicted molar refractivity (Wildman–Crippen MR) is 78.0 cm³/mol. The van der Waals surface area contributed by atoms with Crippen LogP contribution in [-0.2, 0) is 0 Å². The van der Waals surface area contributed by atoms with Crippen molar-refractivity contribution in [1.29, 1.82) is 0 Å². The summed E-state index contributed by atoms with van der Waals surface area (Å²) in [6.07, 6.45) is 2.58. The molecular weight excluding hydrogens is 222 g/mol. The van der Waals surface area contributed by atoms with E-state index in [0.29, 0.717) is 6.04 Å². The molecule has 1 fully saturated rings. The van der Waals surface area contributed by atoms with E-state index in [9.17, 15) is 0 Å². The van der Waals surface area contributed by atoms with Crippen LogP contribution in [0.4, 0.5) is 5.69 Å². The standard InChI is InChI=1S/C15H25N3/c1-12(16)13-6-8-14(9-7-13)18-10-4-5-15(11-18)17(2)3/h6-9,12,15H,4-5,10-11,16H2,1-3H3. The monoisotopic (exact) mass is 247 g/mol. The Morgan fingerprint density at radius 3 is 2.50 bits per heavy atom. The van der Waals surface area contributed by atoms with Gasteiger partial charge < -0.3 is 15.5 Å². The zero-order valence-electron chi connectivity index (χ0n) is 11.8. The molecule has 1 aromatic carbocycles. The smallest absolute Gasteiger partial charge is 0.0366 e. The molecule has 0 amide bonds.